The highest BCUT2D eigenvalue weighted by Gasteiger charge is 2.25. The maximum atomic E-state index is 13.5. The highest BCUT2D eigenvalue weighted by molar-refractivity contribution is 7.16. The van der Waals surface area contributed by atoms with Gasteiger partial charge in [0.2, 0.25) is 5.91 Å². The van der Waals surface area contributed by atoms with Gasteiger partial charge in [-0.05, 0) is 24.6 Å². The first kappa shape index (κ1) is 46.7. The van der Waals surface area contributed by atoms with E-state index in [1.54, 1.807) is 24.4 Å². The number of benzene rings is 1. The molecular weight excluding hydrogens is 979 g/mol. The van der Waals surface area contributed by atoms with E-state index in [1.807, 2.05) is 41.1 Å². The minimum Gasteiger partial charge on any atom is -0.388 e. The summed E-state index contributed by atoms with van der Waals surface area (Å²) in [6.07, 6.45) is -0.374. The van der Waals surface area contributed by atoms with Crippen LogP contribution in [0.3, 0.4) is 0 Å². The lowest BCUT2D eigenvalue weighted by atomic mass is 10.1. The Bertz CT molecular complexity index is 3160. The Morgan fingerprint density at radius 2 is 1.48 bits per heavy atom. The molecule has 7 aromatic heterocycles. The monoisotopic (exact) mass is 1010 g/mol. The molecule has 67 heavy (non-hydrogen) atoms. The standard InChI is InChI=1S/C41H33N13O7S6/c1-18-31(37(60)53-41-52-33(27(67-41)13-61-2)36(59)44-11-28(42)56)51-30(66-18)12-45-34(57)23-15-63-38(49-23)20-8-9-21(39-50-24(16-65-39)35(58)54-43)47-32(20)22-14-64-40(48-22)25-17-62-29(46-25)10-26(55)19-6-4-3-5-7-19/h3-9,14-17,26,43,55H,10-13H2,1-2H3,(H2,42,56)(H,44,59)(H,45,57)(H,52,53,60)/t26-/m1/s1. The number of aliphatic hydroxyl groups is 1. The number of thiazole rings is 6. The van der Waals surface area contributed by atoms with Crippen molar-refractivity contribution in [2.45, 2.75) is 32.6 Å². The molecule has 1 atom stereocenters. The molecule has 0 fully saturated rings. The maximum Gasteiger partial charge on any atom is 0.314 e. The molecule has 7 heterocycles. The number of aliphatic hydroxyl groups excluding tert-OH is 1. The van der Waals surface area contributed by atoms with Crippen LogP contribution in [-0.4, -0.2) is 83.2 Å². The Labute approximate surface area is 403 Å². The van der Waals surface area contributed by atoms with Gasteiger partial charge >= 0.3 is 5.91 Å². The summed E-state index contributed by atoms with van der Waals surface area (Å²) < 4.78 is 5.17. The second-order valence-corrected chi connectivity index (χ2v) is 19.8. The Morgan fingerprint density at radius 1 is 0.746 bits per heavy atom. The number of carbonyl (C=O) groups is 5. The van der Waals surface area contributed by atoms with E-state index in [4.69, 9.17) is 31.0 Å². The number of aromatic nitrogens is 7. The number of hydrogen-bond donors (Lipinski definition) is 6. The van der Waals surface area contributed by atoms with Crippen molar-refractivity contribution in [2.24, 2.45) is 10.8 Å². The number of ether oxygens (including phenoxy) is 1. The van der Waals surface area contributed by atoms with Crippen LogP contribution in [0.25, 0.3) is 43.4 Å². The van der Waals surface area contributed by atoms with Gasteiger partial charge in [0.15, 0.2) is 5.13 Å². The molecule has 8 aromatic rings. The Kier molecular flexibility index (Phi) is 14.5. The topological polar surface area (TPSA) is 303 Å². The summed E-state index contributed by atoms with van der Waals surface area (Å²) in [5.74, 6) is -3.23. The number of amides is 5. The van der Waals surface area contributed by atoms with Crippen LogP contribution in [0.15, 0.2) is 69.1 Å². The summed E-state index contributed by atoms with van der Waals surface area (Å²) in [7, 11) is 1.44. The zero-order valence-electron chi connectivity index (χ0n) is 34.8. The van der Waals surface area contributed by atoms with Gasteiger partial charge in [0.25, 0.3) is 17.7 Å². The minimum atomic E-state index is -0.779. The molecule has 340 valence electrons. The second kappa shape index (κ2) is 20.8. The van der Waals surface area contributed by atoms with Gasteiger partial charge in [-0.2, -0.15) is 0 Å². The zero-order valence-corrected chi connectivity index (χ0v) is 39.7. The molecule has 8 rings (SSSR count). The van der Waals surface area contributed by atoms with Gasteiger partial charge in [0.05, 0.1) is 41.4 Å². The molecule has 26 heteroatoms. The van der Waals surface area contributed by atoms with Gasteiger partial charge in [-0.25, -0.2) is 40.4 Å². The van der Waals surface area contributed by atoms with Crippen molar-refractivity contribution >= 4 is 103 Å². The SMILES string of the molecule is COCc1sc(NC(=O)c2nc(CNC(=O)c3csc(-c4ccc(-c5nc(C(=O)N=N)cs5)nc4-c4csc(-c5csc(C[C@@H](O)c6ccccc6)n5)n4)n3)sc2C)nc1C(=O)NCC(N)=O. The van der Waals surface area contributed by atoms with Gasteiger partial charge in [0.1, 0.15) is 59.9 Å². The lowest BCUT2D eigenvalue weighted by molar-refractivity contribution is -0.117. The quantitative estimate of drug-likeness (QED) is 0.0483. The van der Waals surface area contributed by atoms with E-state index in [2.05, 4.69) is 41.0 Å². The highest BCUT2D eigenvalue weighted by atomic mass is 32.1. The number of nitrogens with one attached hydrogen (secondary N) is 4. The molecule has 20 nitrogen and oxygen atoms in total. The Balaban J connectivity index is 0.985. The van der Waals surface area contributed by atoms with Gasteiger partial charge < -0.3 is 26.2 Å². The highest BCUT2D eigenvalue weighted by Crippen LogP contribution is 2.38. The predicted octanol–water partition coefficient (Wildman–Crippen LogP) is 6.79. The number of rotatable bonds is 18. The number of nitrogens with two attached hydrogens (primary N) is 1. The van der Waals surface area contributed by atoms with Crippen molar-refractivity contribution in [3.05, 3.63) is 112 Å². The van der Waals surface area contributed by atoms with Gasteiger partial charge in [-0.3, -0.25) is 29.3 Å². The number of primary amides is 1. The first-order valence-electron chi connectivity index (χ1n) is 19.5. The van der Waals surface area contributed by atoms with E-state index < -0.39 is 35.6 Å². The van der Waals surface area contributed by atoms with E-state index in [9.17, 15) is 29.1 Å². The van der Waals surface area contributed by atoms with Gasteiger partial charge in [-0.1, -0.05) is 41.7 Å². The zero-order chi connectivity index (χ0) is 47.2. The van der Waals surface area contributed by atoms with E-state index in [0.29, 0.717) is 64.5 Å². The van der Waals surface area contributed by atoms with Crippen molar-refractivity contribution < 1.29 is 33.8 Å². The lowest BCUT2D eigenvalue weighted by Gasteiger charge is -2.08. The van der Waals surface area contributed by atoms with Crippen LogP contribution in [0, 0.1) is 12.5 Å². The van der Waals surface area contributed by atoms with Crippen LogP contribution in [0.4, 0.5) is 5.13 Å². The van der Waals surface area contributed by atoms with Crippen LogP contribution in [0.2, 0.25) is 0 Å². The fourth-order valence-electron chi connectivity index (χ4n) is 6.16. The summed E-state index contributed by atoms with van der Waals surface area (Å²) in [6.45, 7) is 1.34. The van der Waals surface area contributed by atoms with Crippen LogP contribution >= 0.6 is 68.0 Å². The average Bonchev–Trinajstić information content (AvgIpc) is 4.20. The van der Waals surface area contributed by atoms with Gasteiger partial charge in [-0.15, -0.1) is 61.8 Å². The van der Waals surface area contributed by atoms with Crippen LogP contribution < -0.4 is 21.7 Å². The third kappa shape index (κ3) is 10.9. The molecule has 0 radical (unpaired) electrons. The molecule has 7 N–H and O–H groups in total. The largest absolute Gasteiger partial charge is 0.388 e. The number of anilines is 1. The molecular formula is C41H33N13O7S6. The predicted molar refractivity (Wildman–Crippen MR) is 254 cm³/mol. The molecule has 0 unspecified atom stereocenters. The second-order valence-electron chi connectivity index (χ2n) is 13.9. The molecule has 1 aromatic carbocycles. The van der Waals surface area contributed by atoms with Crippen molar-refractivity contribution in [1.29, 1.82) is 5.53 Å². The van der Waals surface area contributed by atoms with E-state index in [1.165, 1.54) is 69.2 Å². The summed E-state index contributed by atoms with van der Waals surface area (Å²) in [6, 6.07) is 12.9. The summed E-state index contributed by atoms with van der Waals surface area (Å²) in [4.78, 5) is 95.9. The number of aryl methyl sites for hydroxylation is 1. The average molecular weight is 1010 g/mol. The molecule has 5 amide bonds. The van der Waals surface area contributed by atoms with E-state index in [0.717, 1.165) is 21.9 Å². The maximum absolute atomic E-state index is 13.5. The number of pyridine rings is 1. The first-order valence-corrected chi connectivity index (χ1v) is 24.6. The molecule has 0 saturated carbocycles. The van der Waals surface area contributed by atoms with Crippen molar-refractivity contribution in [2.75, 3.05) is 19.0 Å². The van der Waals surface area contributed by atoms with Crippen LogP contribution in [0.5, 0.6) is 0 Å². The summed E-state index contributed by atoms with van der Waals surface area (Å²) >= 11 is 7.42. The lowest BCUT2D eigenvalue weighted by Crippen LogP contribution is -2.33. The number of methoxy groups -OCH3 is 1. The Hall–Kier alpha value is -6.78. The van der Waals surface area contributed by atoms with Crippen LogP contribution in [-0.2, 0) is 29.1 Å². The van der Waals surface area contributed by atoms with Crippen LogP contribution in [0.1, 0.15) is 73.4 Å². The van der Waals surface area contributed by atoms with Crippen molar-refractivity contribution in [3.8, 4) is 43.4 Å². The minimum absolute atomic E-state index is 0.0116. The van der Waals surface area contributed by atoms with Crippen molar-refractivity contribution in [3.63, 3.8) is 0 Å². The van der Waals surface area contributed by atoms with Gasteiger partial charge in [0, 0.05) is 45.5 Å². The fraction of sp³-hybridized carbons (Fsp3) is 0.171. The third-order valence-corrected chi connectivity index (χ3v) is 14.7. The Morgan fingerprint density at radius 3 is 2.25 bits per heavy atom. The molecule has 0 bridgehead atoms. The number of carbonyl (C=O) groups excluding carboxylic acids is 5. The normalized spacial score (nSPS) is 11.6. The van der Waals surface area contributed by atoms with Crippen molar-refractivity contribution in [1.82, 2.24) is 45.5 Å². The molecule has 0 saturated heterocycles. The fourth-order valence-corrected chi connectivity index (χ4v) is 11.2. The number of nitrogens with zero attached hydrogens (tertiary/aromatic N) is 8. The third-order valence-electron chi connectivity index (χ3n) is 9.26. The molecule has 0 spiro atoms. The van der Waals surface area contributed by atoms with E-state index >= 15 is 0 Å². The molecule has 0 aliphatic heterocycles. The summed E-state index contributed by atoms with van der Waals surface area (Å²) in [5, 5.41) is 31.3. The summed E-state index contributed by atoms with van der Waals surface area (Å²) in [5.41, 5.74) is 15.9. The number of hydrogen-bond acceptors (Lipinski definition) is 21. The smallest absolute Gasteiger partial charge is 0.314 e. The van der Waals surface area contributed by atoms with E-state index in [-0.39, 0.29) is 47.6 Å². The first-order chi connectivity index (χ1) is 32.4. The molecule has 0 aliphatic rings. The molecule has 0 aliphatic carbocycles.